The molecule has 0 aromatic heterocycles. The van der Waals surface area contributed by atoms with Crippen molar-refractivity contribution in [3.05, 3.63) is 0 Å². The molecule has 7 heteroatoms. The Morgan fingerprint density at radius 3 is 2.25 bits per heavy atom. The maximum atomic E-state index is 12.8. The summed E-state index contributed by atoms with van der Waals surface area (Å²) in [6.07, 6.45) is 3.75. The molecule has 6 nitrogen and oxygen atoms in total. The van der Waals surface area contributed by atoms with E-state index in [1.54, 1.807) is 0 Å². The lowest BCUT2D eigenvalue weighted by Gasteiger charge is -2.39. The van der Waals surface area contributed by atoms with Crippen LogP contribution in [0.4, 0.5) is 0 Å². The minimum absolute atomic E-state index is 0.0422. The van der Waals surface area contributed by atoms with Gasteiger partial charge in [-0.25, -0.2) is 0 Å². The Bertz CT molecular complexity index is 399. The van der Waals surface area contributed by atoms with Crippen LogP contribution in [0.3, 0.4) is 0 Å². The average molecular weight is 306 g/mol. The predicted octanol–water partition coefficient (Wildman–Crippen LogP) is 0.577. The molecule has 1 saturated heterocycles. The molecule has 0 aromatic rings. The number of morpholine rings is 1. The van der Waals surface area contributed by atoms with Crippen molar-refractivity contribution in [1.82, 2.24) is 8.61 Å². The summed E-state index contributed by atoms with van der Waals surface area (Å²) in [5.41, 5.74) is 0. The van der Waals surface area contributed by atoms with Crippen molar-refractivity contribution >= 4 is 10.2 Å². The number of nitrogens with zero attached hydrogens (tertiary/aromatic N) is 2. The van der Waals surface area contributed by atoms with Crippen LogP contribution in [0.15, 0.2) is 0 Å². The van der Waals surface area contributed by atoms with Crippen molar-refractivity contribution in [3.8, 4) is 0 Å². The highest BCUT2D eigenvalue weighted by molar-refractivity contribution is 7.86. The molecular weight excluding hydrogens is 280 g/mol. The van der Waals surface area contributed by atoms with E-state index in [9.17, 15) is 13.5 Å². The van der Waals surface area contributed by atoms with E-state index in [4.69, 9.17) is 4.74 Å². The third-order valence-electron chi connectivity index (χ3n) is 4.06. The van der Waals surface area contributed by atoms with Gasteiger partial charge in [0, 0.05) is 25.7 Å². The standard InChI is InChI=1S/C13H26N2O4S/c1-11-9-14(10-12(2)19-11)20(17,18)15(7-8-16)13-5-3-4-6-13/h11-13,16H,3-10H2,1-2H3. The van der Waals surface area contributed by atoms with Gasteiger partial charge in [0.15, 0.2) is 0 Å². The van der Waals surface area contributed by atoms with E-state index in [0.29, 0.717) is 13.1 Å². The zero-order valence-corrected chi connectivity index (χ0v) is 13.2. The van der Waals surface area contributed by atoms with E-state index in [1.165, 1.54) is 8.61 Å². The highest BCUT2D eigenvalue weighted by Crippen LogP contribution is 2.28. The number of hydrogen-bond acceptors (Lipinski definition) is 4. The second-order valence-corrected chi connectivity index (χ2v) is 7.74. The normalized spacial score (nSPS) is 30.2. The van der Waals surface area contributed by atoms with Crippen LogP contribution in [0, 0.1) is 0 Å². The first-order valence-electron chi connectivity index (χ1n) is 7.48. The van der Waals surface area contributed by atoms with Crippen molar-refractivity contribution in [3.63, 3.8) is 0 Å². The van der Waals surface area contributed by atoms with Crippen LogP contribution in [-0.4, -0.2) is 66.6 Å². The summed E-state index contributed by atoms with van der Waals surface area (Å²) in [5, 5.41) is 9.21. The maximum absolute atomic E-state index is 12.8. The van der Waals surface area contributed by atoms with Crippen LogP contribution in [-0.2, 0) is 14.9 Å². The molecule has 2 atom stereocenters. The Morgan fingerprint density at radius 1 is 1.20 bits per heavy atom. The van der Waals surface area contributed by atoms with Gasteiger partial charge >= 0.3 is 0 Å². The van der Waals surface area contributed by atoms with Gasteiger partial charge < -0.3 is 9.84 Å². The van der Waals surface area contributed by atoms with E-state index in [2.05, 4.69) is 0 Å². The lowest BCUT2D eigenvalue weighted by molar-refractivity contribution is -0.0458. The first-order chi connectivity index (χ1) is 9.45. The van der Waals surface area contributed by atoms with Crippen molar-refractivity contribution < 1.29 is 18.3 Å². The van der Waals surface area contributed by atoms with Crippen molar-refractivity contribution in [2.45, 2.75) is 57.8 Å². The summed E-state index contributed by atoms with van der Waals surface area (Å²) >= 11 is 0. The monoisotopic (exact) mass is 306 g/mol. The van der Waals surface area contributed by atoms with E-state index in [1.807, 2.05) is 13.8 Å². The van der Waals surface area contributed by atoms with Crippen molar-refractivity contribution in [2.24, 2.45) is 0 Å². The first-order valence-corrected chi connectivity index (χ1v) is 8.88. The van der Waals surface area contributed by atoms with E-state index in [0.717, 1.165) is 25.7 Å². The Kier molecular flexibility index (Phi) is 5.42. The summed E-state index contributed by atoms with van der Waals surface area (Å²) in [6.45, 7) is 4.62. The molecule has 0 radical (unpaired) electrons. The summed E-state index contributed by atoms with van der Waals surface area (Å²) in [4.78, 5) is 0. The van der Waals surface area contributed by atoms with Gasteiger partial charge in [-0.1, -0.05) is 12.8 Å². The van der Waals surface area contributed by atoms with Crippen LogP contribution in [0.2, 0.25) is 0 Å². The lowest BCUT2D eigenvalue weighted by atomic mass is 10.2. The minimum Gasteiger partial charge on any atom is -0.395 e. The maximum Gasteiger partial charge on any atom is 0.282 e. The number of ether oxygens (including phenoxy) is 1. The molecule has 118 valence electrons. The predicted molar refractivity (Wildman–Crippen MR) is 76.5 cm³/mol. The first kappa shape index (κ1) is 16.2. The minimum atomic E-state index is -3.51. The van der Waals surface area contributed by atoms with E-state index >= 15 is 0 Å². The quantitative estimate of drug-likeness (QED) is 0.806. The fraction of sp³-hybridized carbons (Fsp3) is 1.00. The Balaban J connectivity index is 2.16. The molecule has 2 unspecified atom stereocenters. The molecule has 1 aliphatic carbocycles. The van der Waals surface area contributed by atoms with Crippen LogP contribution < -0.4 is 0 Å². The van der Waals surface area contributed by atoms with Gasteiger partial charge in [0.2, 0.25) is 0 Å². The average Bonchev–Trinajstić information content (AvgIpc) is 2.88. The third-order valence-corrected chi connectivity index (χ3v) is 6.09. The topological polar surface area (TPSA) is 70.1 Å². The number of rotatable bonds is 5. The van der Waals surface area contributed by atoms with E-state index in [-0.39, 0.29) is 31.4 Å². The Morgan fingerprint density at radius 2 is 1.75 bits per heavy atom. The highest BCUT2D eigenvalue weighted by Gasteiger charge is 2.38. The van der Waals surface area contributed by atoms with Gasteiger partial charge in [-0.15, -0.1) is 0 Å². The molecule has 0 bridgehead atoms. The van der Waals surface area contributed by atoms with Gasteiger partial charge in [0.1, 0.15) is 0 Å². The van der Waals surface area contributed by atoms with Crippen molar-refractivity contribution in [1.29, 1.82) is 0 Å². The molecule has 2 aliphatic rings. The molecule has 2 rings (SSSR count). The highest BCUT2D eigenvalue weighted by atomic mass is 32.2. The number of hydrogen-bond donors (Lipinski definition) is 1. The van der Waals surface area contributed by atoms with Gasteiger partial charge in [-0.2, -0.15) is 17.0 Å². The smallest absolute Gasteiger partial charge is 0.282 e. The van der Waals surface area contributed by atoms with Gasteiger partial charge in [-0.05, 0) is 26.7 Å². The zero-order chi connectivity index (χ0) is 14.8. The molecule has 0 spiro atoms. The molecule has 0 aromatic carbocycles. The Labute approximate surface area is 121 Å². The fourth-order valence-electron chi connectivity index (χ4n) is 3.24. The number of aliphatic hydroxyl groups is 1. The molecular formula is C13H26N2O4S. The largest absolute Gasteiger partial charge is 0.395 e. The summed E-state index contributed by atoms with van der Waals surface area (Å²) in [6, 6.07) is 0.0422. The molecule has 1 N–H and O–H groups in total. The van der Waals surface area contributed by atoms with Crippen LogP contribution >= 0.6 is 0 Å². The summed E-state index contributed by atoms with van der Waals surface area (Å²) in [5.74, 6) is 0. The van der Waals surface area contributed by atoms with E-state index < -0.39 is 10.2 Å². The molecule has 2 fully saturated rings. The van der Waals surface area contributed by atoms with Gasteiger partial charge in [0.05, 0.1) is 18.8 Å². The van der Waals surface area contributed by atoms with Crippen molar-refractivity contribution in [2.75, 3.05) is 26.2 Å². The second-order valence-electron chi connectivity index (χ2n) is 5.85. The molecule has 0 amide bonds. The molecule has 1 heterocycles. The van der Waals surface area contributed by atoms with Crippen LogP contribution in [0.5, 0.6) is 0 Å². The lowest BCUT2D eigenvalue weighted by Crippen LogP contribution is -2.55. The SMILES string of the molecule is CC1CN(S(=O)(=O)N(CCO)C2CCCC2)CC(C)O1. The van der Waals surface area contributed by atoms with Gasteiger partial charge in [0.25, 0.3) is 10.2 Å². The number of aliphatic hydroxyl groups excluding tert-OH is 1. The molecule has 1 aliphatic heterocycles. The third kappa shape index (κ3) is 3.51. The summed E-state index contributed by atoms with van der Waals surface area (Å²) < 4.78 is 34.3. The van der Waals surface area contributed by atoms with Crippen LogP contribution in [0.1, 0.15) is 39.5 Å². The fourth-order valence-corrected chi connectivity index (χ4v) is 5.24. The van der Waals surface area contributed by atoms with Gasteiger partial charge in [-0.3, -0.25) is 0 Å². The van der Waals surface area contributed by atoms with Crippen LogP contribution in [0.25, 0.3) is 0 Å². The summed E-state index contributed by atoms with van der Waals surface area (Å²) in [7, 11) is -3.51. The zero-order valence-electron chi connectivity index (χ0n) is 12.4. The Hall–Kier alpha value is -0.210. The molecule has 1 saturated carbocycles. The molecule has 20 heavy (non-hydrogen) atoms. The second kappa shape index (κ2) is 6.70.